The second kappa shape index (κ2) is 8.70. The Balaban J connectivity index is 2.35. The molecule has 0 saturated carbocycles. The number of furan rings is 1. The van der Waals surface area contributed by atoms with Gasteiger partial charge in [-0.05, 0) is 33.2 Å². The average molecular weight is 328 g/mol. The largest absolute Gasteiger partial charge is 0.464 e. The molecule has 0 aliphatic heterocycles. The molecule has 7 nitrogen and oxygen atoms in total. The first kappa shape index (κ1) is 18.4. The summed E-state index contributed by atoms with van der Waals surface area (Å²) in [5.41, 5.74) is 5.59. The monoisotopic (exact) mass is 328 g/mol. The van der Waals surface area contributed by atoms with E-state index in [9.17, 15) is 10.1 Å². The van der Waals surface area contributed by atoms with Gasteiger partial charge in [0.15, 0.2) is 5.82 Å². The summed E-state index contributed by atoms with van der Waals surface area (Å²) in [6.45, 7) is 2.73. The number of nitrogens with zero attached hydrogens (tertiary/aromatic N) is 3. The van der Waals surface area contributed by atoms with Gasteiger partial charge >= 0.3 is 0 Å². The quantitative estimate of drug-likeness (QED) is 0.422. The molecular formula is C14H24N4O3S. The Morgan fingerprint density at radius 3 is 2.77 bits per heavy atom. The van der Waals surface area contributed by atoms with Crippen LogP contribution in [-0.4, -0.2) is 48.2 Å². The Morgan fingerprint density at radius 1 is 1.50 bits per heavy atom. The van der Waals surface area contributed by atoms with E-state index in [0.29, 0.717) is 6.54 Å². The van der Waals surface area contributed by atoms with Crippen molar-refractivity contribution < 1.29 is 9.34 Å². The summed E-state index contributed by atoms with van der Waals surface area (Å²) in [6.07, 6.45) is 0.812. The highest BCUT2D eigenvalue weighted by atomic mass is 32.2. The SMILES string of the molecule is CC(c1ccc(CSCCN(C)/C(N)=C/[N+](=O)[O-])o1)N(C)C. The minimum Gasteiger partial charge on any atom is -0.464 e. The van der Waals surface area contributed by atoms with Gasteiger partial charge in [-0.2, -0.15) is 11.8 Å². The maximum atomic E-state index is 10.3. The molecule has 0 bridgehead atoms. The Labute approximate surface area is 135 Å². The van der Waals surface area contributed by atoms with Crippen molar-refractivity contribution in [1.29, 1.82) is 0 Å². The lowest BCUT2D eigenvalue weighted by atomic mass is 10.2. The Morgan fingerprint density at radius 2 is 2.18 bits per heavy atom. The van der Waals surface area contributed by atoms with Gasteiger partial charge in [0.05, 0.1) is 16.7 Å². The van der Waals surface area contributed by atoms with Crippen LogP contribution in [0.2, 0.25) is 0 Å². The van der Waals surface area contributed by atoms with E-state index in [1.165, 1.54) is 0 Å². The normalized spacial score (nSPS) is 13.4. The summed E-state index contributed by atoms with van der Waals surface area (Å²) < 4.78 is 5.81. The van der Waals surface area contributed by atoms with Gasteiger partial charge < -0.3 is 15.1 Å². The van der Waals surface area contributed by atoms with Crippen LogP contribution in [0.15, 0.2) is 28.6 Å². The number of nitrogens with two attached hydrogens (primary N) is 1. The maximum absolute atomic E-state index is 10.3. The summed E-state index contributed by atoms with van der Waals surface area (Å²) in [5.74, 6) is 3.63. The molecule has 8 heteroatoms. The third kappa shape index (κ3) is 5.98. The summed E-state index contributed by atoms with van der Waals surface area (Å²) in [4.78, 5) is 13.5. The molecule has 1 rings (SSSR count). The molecule has 0 aliphatic rings. The lowest BCUT2D eigenvalue weighted by Crippen LogP contribution is -2.26. The molecule has 22 heavy (non-hydrogen) atoms. The standard InChI is InChI=1S/C14H24N4O3S/c1-11(16(2)3)13-6-5-12(21-13)10-22-8-7-17(4)14(15)9-18(19)20/h5-6,9,11H,7-8,10,15H2,1-4H3/b14-9+. The molecule has 1 heterocycles. The van der Waals surface area contributed by atoms with Gasteiger partial charge in [-0.15, -0.1) is 0 Å². The predicted octanol–water partition coefficient (Wildman–Crippen LogP) is 2.10. The van der Waals surface area contributed by atoms with E-state index in [0.717, 1.165) is 29.2 Å². The van der Waals surface area contributed by atoms with Crippen LogP contribution in [0.3, 0.4) is 0 Å². The first-order valence-electron chi connectivity index (χ1n) is 6.96. The van der Waals surface area contributed by atoms with Gasteiger partial charge in [0, 0.05) is 19.3 Å². The molecule has 0 radical (unpaired) electrons. The Bertz CT molecular complexity index is 516. The summed E-state index contributed by atoms with van der Waals surface area (Å²) in [6, 6.07) is 4.24. The number of thioether (sulfide) groups is 1. The van der Waals surface area contributed by atoms with Gasteiger partial charge in [0.1, 0.15) is 11.5 Å². The highest BCUT2D eigenvalue weighted by molar-refractivity contribution is 7.98. The zero-order valence-corrected chi connectivity index (χ0v) is 14.3. The smallest absolute Gasteiger partial charge is 0.274 e. The zero-order chi connectivity index (χ0) is 16.7. The molecule has 0 saturated heterocycles. The lowest BCUT2D eigenvalue weighted by molar-refractivity contribution is -0.404. The summed E-state index contributed by atoms with van der Waals surface area (Å²) in [5, 5.41) is 10.3. The third-order valence-corrected chi connectivity index (χ3v) is 4.32. The van der Waals surface area contributed by atoms with Crippen molar-refractivity contribution in [3.8, 4) is 0 Å². The number of hydrogen-bond donors (Lipinski definition) is 1. The highest BCUT2D eigenvalue weighted by Gasteiger charge is 2.12. The van der Waals surface area contributed by atoms with Crippen molar-refractivity contribution >= 4 is 11.8 Å². The van der Waals surface area contributed by atoms with Crippen LogP contribution in [0.4, 0.5) is 0 Å². The molecule has 1 aromatic heterocycles. The molecule has 1 unspecified atom stereocenters. The lowest BCUT2D eigenvalue weighted by Gasteiger charge is -2.17. The summed E-state index contributed by atoms with van der Waals surface area (Å²) in [7, 11) is 5.76. The van der Waals surface area contributed by atoms with Crippen molar-refractivity contribution in [2.24, 2.45) is 5.73 Å². The molecule has 0 spiro atoms. The van der Waals surface area contributed by atoms with E-state index < -0.39 is 4.92 Å². The maximum Gasteiger partial charge on any atom is 0.274 e. The average Bonchev–Trinajstić information content (AvgIpc) is 2.90. The van der Waals surface area contributed by atoms with Crippen LogP contribution >= 0.6 is 11.8 Å². The van der Waals surface area contributed by atoms with E-state index in [1.807, 2.05) is 26.2 Å². The minimum atomic E-state index is -0.546. The van der Waals surface area contributed by atoms with Crippen molar-refractivity contribution in [2.75, 3.05) is 33.4 Å². The number of nitro groups is 1. The van der Waals surface area contributed by atoms with Crippen molar-refractivity contribution in [1.82, 2.24) is 9.80 Å². The van der Waals surface area contributed by atoms with Crippen LogP contribution in [0.25, 0.3) is 0 Å². The van der Waals surface area contributed by atoms with Gasteiger partial charge in [-0.3, -0.25) is 15.0 Å². The van der Waals surface area contributed by atoms with Crippen molar-refractivity contribution in [3.63, 3.8) is 0 Å². The Hall–Kier alpha value is -1.67. The number of rotatable bonds is 9. The molecule has 0 aliphatic carbocycles. The first-order valence-corrected chi connectivity index (χ1v) is 8.11. The second-order valence-electron chi connectivity index (χ2n) is 5.26. The van der Waals surface area contributed by atoms with E-state index in [1.54, 1.807) is 23.7 Å². The van der Waals surface area contributed by atoms with Crippen LogP contribution in [-0.2, 0) is 5.75 Å². The van der Waals surface area contributed by atoms with E-state index in [2.05, 4.69) is 11.8 Å². The third-order valence-electron chi connectivity index (χ3n) is 3.36. The minimum absolute atomic E-state index is 0.158. The Kier molecular flexibility index (Phi) is 7.26. The molecule has 1 aromatic rings. The van der Waals surface area contributed by atoms with E-state index in [4.69, 9.17) is 10.2 Å². The predicted molar refractivity (Wildman–Crippen MR) is 88.9 cm³/mol. The van der Waals surface area contributed by atoms with Gasteiger partial charge in [0.25, 0.3) is 6.20 Å². The van der Waals surface area contributed by atoms with E-state index in [-0.39, 0.29) is 11.9 Å². The topological polar surface area (TPSA) is 88.8 Å². The molecule has 0 fully saturated rings. The van der Waals surface area contributed by atoms with Crippen LogP contribution in [0.1, 0.15) is 24.5 Å². The fourth-order valence-electron chi connectivity index (χ4n) is 1.66. The first-order chi connectivity index (χ1) is 10.3. The molecular weight excluding hydrogens is 304 g/mol. The number of hydrogen-bond acceptors (Lipinski definition) is 7. The zero-order valence-electron chi connectivity index (χ0n) is 13.5. The molecule has 1 atom stereocenters. The second-order valence-corrected chi connectivity index (χ2v) is 6.36. The van der Waals surface area contributed by atoms with Crippen LogP contribution < -0.4 is 5.73 Å². The highest BCUT2D eigenvalue weighted by Crippen LogP contribution is 2.22. The van der Waals surface area contributed by atoms with Crippen molar-refractivity contribution in [3.05, 3.63) is 45.8 Å². The van der Waals surface area contributed by atoms with E-state index >= 15 is 0 Å². The fraction of sp³-hybridized carbons (Fsp3) is 0.571. The van der Waals surface area contributed by atoms with Crippen LogP contribution in [0, 0.1) is 10.1 Å². The van der Waals surface area contributed by atoms with Crippen LogP contribution in [0.5, 0.6) is 0 Å². The molecule has 2 N–H and O–H groups in total. The van der Waals surface area contributed by atoms with Gasteiger partial charge in [-0.1, -0.05) is 0 Å². The van der Waals surface area contributed by atoms with Crippen molar-refractivity contribution in [2.45, 2.75) is 18.7 Å². The molecule has 0 aromatic carbocycles. The molecule has 124 valence electrons. The fourth-order valence-corrected chi connectivity index (χ4v) is 2.56. The van der Waals surface area contributed by atoms with Gasteiger partial charge in [-0.25, -0.2) is 0 Å². The van der Waals surface area contributed by atoms with Gasteiger partial charge in [0.2, 0.25) is 0 Å². The summed E-state index contributed by atoms with van der Waals surface area (Å²) >= 11 is 1.70. The molecule has 0 amide bonds.